The molecule has 0 saturated carbocycles. The lowest BCUT2D eigenvalue weighted by Crippen LogP contribution is -2.46. The molecular formula is C15H18N4O2S2. The smallest absolute Gasteiger partial charge is 0.312 e. The topological polar surface area (TPSA) is 97.1 Å². The highest BCUT2D eigenvalue weighted by atomic mass is 32.2. The first kappa shape index (κ1) is 17.3. The fourth-order valence-corrected chi connectivity index (χ4v) is 3.08. The molecule has 122 valence electrons. The molecule has 8 heteroatoms. The Bertz CT molecular complexity index is 644. The second-order valence-corrected chi connectivity index (χ2v) is 6.63. The summed E-state index contributed by atoms with van der Waals surface area (Å²) in [6.07, 6.45) is 4.21. The molecule has 0 aliphatic carbocycles. The SMILES string of the molecule is CSCC[C@@H](NC(N)=O)C(=O)Nc1ccc(-c2nccs2)cc1. The number of aromatic nitrogens is 1. The number of benzene rings is 1. The number of urea groups is 1. The maximum Gasteiger partial charge on any atom is 0.312 e. The van der Waals surface area contributed by atoms with E-state index >= 15 is 0 Å². The fraction of sp³-hybridized carbons (Fsp3) is 0.267. The molecule has 0 saturated heterocycles. The van der Waals surface area contributed by atoms with E-state index in [1.54, 1.807) is 29.3 Å². The Labute approximate surface area is 142 Å². The zero-order valence-electron chi connectivity index (χ0n) is 12.6. The minimum Gasteiger partial charge on any atom is -0.352 e. The minimum atomic E-state index is -0.703. The molecule has 23 heavy (non-hydrogen) atoms. The van der Waals surface area contributed by atoms with Gasteiger partial charge in [-0.15, -0.1) is 11.3 Å². The summed E-state index contributed by atoms with van der Waals surface area (Å²) in [4.78, 5) is 27.5. The highest BCUT2D eigenvalue weighted by Gasteiger charge is 2.19. The van der Waals surface area contributed by atoms with Crippen molar-refractivity contribution in [2.75, 3.05) is 17.3 Å². The normalized spacial score (nSPS) is 11.7. The van der Waals surface area contributed by atoms with E-state index in [0.29, 0.717) is 12.1 Å². The summed E-state index contributed by atoms with van der Waals surface area (Å²) in [5.41, 5.74) is 6.78. The molecule has 0 spiro atoms. The summed E-state index contributed by atoms with van der Waals surface area (Å²) in [6.45, 7) is 0. The molecule has 0 fully saturated rings. The van der Waals surface area contributed by atoms with Crippen LogP contribution in [0, 0.1) is 0 Å². The third-order valence-corrected chi connectivity index (χ3v) is 4.54. The van der Waals surface area contributed by atoms with Crippen molar-refractivity contribution in [3.8, 4) is 10.6 Å². The number of hydrogen-bond acceptors (Lipinski definition) is 5. The van der Waals surface area contributed by atoms with Crippen molar-refractivity contribution in [2.45, 2.75) is 12.5 Å². The van der Waals surface area contributed by atoms with Gasteiger partial charge in [0, 0.05) is 22.8 Å². The molecule has 0 aliphatic heterocycles. The molecule has 1 heterocycles. The third kappa shape index (κ3) is 5.26. The van der Waals surface area contributed by atoms with E-state index in [1.807, 2.05) is 35.9 Å². The van der Waals surface area contributed by atoms with Gasteiger partial charge in [-0.1, -0.05) is 0 Å². The van der Waals surface area contributed by atoms with Gasteiger partial charge >= 0.3 is 6.03 Å². The number of anilines is 1. The Hall–Kier alpha value is -2.06. The van der Waals surface area contributed by atoms with Crippen LogP contribution in [0.25, 0.3) is 10.6 Å². The van der Waals surface area contributed by atoms with E-state index in [1.165, 1.54) is 0 Å². The molecule has 6 nitrogen and oxygen atoms in total. The first-order valence-corrected chi connectivity index (χ1v) is 9.23. The summed E-state index contributed by atoms with van der Waals surface area (Å²) < 4.78 is 0. The summed E-state index contributed by atoms with van der Waals surface area (Å²) in [6, 6.07) is 6.07. The molecule has 2 rings (SSSR count). The molecule has 0 unspecified atom stereocenters. The molecule has 1 aromatic heterocycles. The van der Waals surface area contributed by atoms with Crippen molar-refractivity contribution in [2.24, 2.45) is 5.73 Å². The quantitative estimate of drug-likeness (QED) is 0.715. The molecule has 1 atom stereocenters. The second kappa shape index (κ2) is 8.54. The van der Waals surface area contributed by atoms with Crippen molar-refractivity contribution in [1.29, 1.82) is 0 Å². The maximum absolute atomic E-state index is 12.3. The molecule has 4 N–H and O–H groups in total. The molecular weight excluding hydrogens is 332 g/mol. The van der Waals surface area contributed by atoms with Crippen molar-refractivity contribution >= 4 is 40.7 Å². The van der Waals surface area contributed by atoms with Crippen LogP contribution in [0.4, 0.5) is 10.5 Å². The van der Waals surface area contributed by atoms with Crippen LogP contribution in [0.3, 0.4) is 0 Å². The number of thiazole rings is 1. The van der Waals surface area contributed by atoms with Crippen molar-refractivity contribution < 1.29 is 9.59 Å². The van der Waals surface area contributed by atoms with E-state index in [-0.39, 0.29) is 5.91 Å². The number of nitrogens with zero attached hydrogens (tertiary/aromatic N) is 1. The zero-order chi connectivity index (χ0) is 16.7. The summed E-state index contributed by atoms with van der Waals surface area (Å²) in [7, 11) is 0. The van der Waals surface area contributed by atoms with Crippen LogP contribution in [0.1, 0.15) is 6.42 Å². The maximum atomic E-state index is 12.3. The number of primary amides is 1. The second-order valence-electron chi connectivity index (χ2n) is 4.75. The van der Waals surface area contributed by atoms with Crippen LogP contribution >= 0.6 is 23.1 Å². The standard InChI is InChI=1S/C15H18N4O2S2/c1-22-8-6-12(19-15(16)21)13(20)18-11-4-2-10(3-5-11)14-17-7-9-23-14/h2-5,7,9,12H,6,8H2,1H3,(H,18,20)(H3,16,19,21)/t12-/m1/s1. The molecule has 1 aromatic carbocycles. The lowest BCUT2D eigenvalue weighted by atomic mass is 10.2. The molecule has 2 aromatic rings. The average molecular weight is 350 g/mol. The van der Waals surface area contributed by atoms with Gasteiger partial charge in [0.05, 0.1) is 0 Å². The predicted molar refractivity (Wildman–Crippen MR) is 95.7 cm³/mol. The Morgan fingerprint density at radius 2 is 2.09 bits per heavy atom. The highest BCUT2D eigenvalue weighted by Crippen LogP contribution is 2.23. The van der Waals surface area contributed by atoms with Crippen molar-refractivity contribution in [1.82, 2.24) is 10.3 Å². The van der Waals surface area contributed by atoms with Crippen LogP contribution in [0.5, 0.6) is 0 Å². The Morgan fingerprint density at radius 3 is 2.65 bits per heavy atom. The number of nitrogens with one attached hydrogen (secondary N) is 2. The van der Waals surface area contributed by atoms with Gasteiger partial charge in [-0.25, -0.2) is 9.78 Å². The Kier molecular flexibility index (Phi) is 6.42. The van der Waals surface area contributed by atoms with Gasteiger partial charge in [0.2, 0.25) is 5.91 Å². The molecule has 0 radical (unpaired) electrons. The van der Waals surface area contributed by atoms with E-state index in [0.717, 1.165) is 16.3 Å². The van der Waals surface area contributed by atoms with Gasteiger partial charge in [-0.05, 0) is 42.7 Å². The zero-order valence-corrected chi connectivity index (χ0v) is 14.2. The third-order valence-electron chi connectivity index (χ3n) is 3.08. The number of carbonyl (C=O) groups is 2. The molecule has 3 amide bonds. The first-order valence-electron chi connectivity index (χ1n) is 6.96. The number of hydrogen-bond donors (Lipinski definition) is 3. The van der Waals surface area contributed by atoms with Crippen LogP contribution in [-0.4, -0.2) is 35.0 Å². The molecule has 0 aliphatic rings. The summed E-state index contributed by atoms with van der Waals surface area (Å²) in [5.74, 6) is 0.473. The predicted octanol–water partition coefficient (Wildman–Crippen LogP) is 2.54. The first-order chi connectivity index (χ1) is 11.1. The van der Waals surface area contributed by atoms with E-state index in [2.05, 4.69) is 15.6 Å². The number of carbonyl (C=O) groups excluding carboxylic acids is 2. The number of rotatable bonds is 7. The van der Waals surface area contributed by atoms with E-state index in [9.17, 15) is 9.59 Å². The molecule has 0 bridgehead atoms. The van der Waals surface area contributed by atoms with Crippen LogP contribution in [0.2, 0.25) is 0 Å². The minimum absolute atomic E-state index is 0.278. The lowest BCUT2D eigenvalue weighted by Gasteiger charge is -2.17. The monoisotopic (exact) mass is 350 g/mol. The fourth-order valence-electron chi connectivity index (χ4n) is 1.97. The van der Waals surface area contributed by atoms with Gasteiger partial charge in [0.25, 0.3) is 0 Å². The Morgan fingerprint density at radius 1 is 1.35 bits per heavy atom. The number of nitrogens with two attached hydrogens (primary N) is 1. The van der Waals surface area contributed by atoms with Gasteiger partial charge in [-0.3, -0.25) is 4.79 Å². The Balaban J connectivity index is 2.01. The van der Waals surface area contributed by atoms with Crippen LogP contribution in [0.15, 0.2) is 35.8 Å². The van der Waals surface area contributed by atoms with Gasteiger partial charge in [0.1, 0.15) is 11.0 Å². The number of amides is 3. The van der Waals surface area contributed by atoms with Crippen LogP contribution < -0.4 is 16.4 Å². The number of thioether (sulfide) groups is 1. The van der Waals surface area contributed by atoms with Gasteiger partial charge in [0.15, 0.2) is 0 Å². The van der Waals surface area contributed by atoms with Crippen molar-refractivity contribution in [3.63, 3.8) is 0 Å². The van der Waals surface area contributed by atoms with Crippen LogP contribution in [-0.2, 0) is 4.79 Å². The van der Waals surface area contributed by atoms with E-state index in [4.69, 9.17) is 5.73 Å². The largest absolute Gasteiger partial charge is 0.352 e. The van der Waals surface area contributed by atoms with Gasteiger partial charge < -0.3 is 16.4 Å². The van der Waals surface area contributed by atoms with Gasteiger partial charge in [-0.2, -0.15) is 11.8 Å². The summed E-state index contributed by atoms with van der Waals surface area (Å²) >= 11 is 3.16. The van der Waals surface area contributed by atoms with E-state index < -0.39 is 12.1 Å². The highest BCUT2D eigenvalue weighted by molar-refractivity contribution is 7.98. The summed E-state index contributed by atoms with van der Waals surface area (Å²) in [5, 5.41) is 8.11. The average Bonchev–Trinajstić information content (AvgIpc) is 3.06. The lowest BCUT2D eigenvalue weighted by molar-refractivity contribution is -0.117. The van der Waals surface area contributed by atoms with Crippen molar-refractivity contribution in [3.05, 3.63) is 35.8 Å².